The Morgan fingerprint density at radius 3 is 2.50 bits per heavy atom. The molecule has 0 atom stereocenters. The number of rotatable bonds is 4. The molecule has 0 aromatic heterocycles. The number of hydrogen-bond donors (Lipinski definition) is 1. The number of primary amides is 1. The lowest BCUT2D eigenvalue weighted by atomic mass is 9.90. The van der Waals surface area contributed by atoms with Gasteiger partial charge in [0.1, 0.15) is 0 Å². The Balaban J connectivity index is 2.28. The first kappa shape index (κ1) is 13.0. The minimum Gasteiger partial charge on any atom is -0.369 e. The van der Waals surface area contributed by atoms with Crippen molar-refractivity contribution in [1.29, 1.82) is 5.26 Å². The van der Waals surface area contributed by atoms with Gasteiger partial charge in [0, 0.05) is 5.92 Å². The van der Waals surface area contributed by atoms with Crippen molar-refractivity contribution in [2.45, 2.75) is 33.1 Å². The second-order valence-electron chi connectivity index (χ2n) is 5.26. The number of likely N-dealkylation sites (tertiary alicyclic amines) is 1. The van der Waals surface area contributed by atoms with Crippen molar-refractivity contribution in [2.24, 2.45) is 17.1 Å². The molecule has 2 N–H and O–H groups in total. The fourth-order valence-corrected chi connectivity index (χ4v) is 1.93. The number of nitriles is 1. The average Bonchev–Trinajstić information content (AvgIpc) is 2.27. The maximum atomic E-state index is 11.0. The van der Waals surface area contributed by atoms with Gasteiger partial charge in [0.2, 0.25) is 5.91 Å². The van der Waals surface area contributed by atoms with Crippen molar-refractivity contribution in [3.63, 3.8) is 0 Å². The van der Waals surface area contributed by atoms with Crippen molar-refractivity contribution in [3.8, 4) is 6.07 Å². The van der Waals surface area contributed by atoms with Crippen LogP contribution in [0, 0.1) is 22.7 Å². The monoisotopic (exact) mass is 223 g/mol. The molecule has 0 radical (unpaired) electrons. The van der Waals surface area contributed by atoms with E-state index in [0.717, 1.165) is 38.9 Å². The van der Waals surface area contributed by atoms with E-state index in [0.29, 0.717) is 0 Å². The van der Waals surface area contributed by atoms with Crippen LogP contribution in [-0.2, 0) is 4.79 Å². The van der Waals surface area contributed by atoms with Crippen molar-refractivity contribution < 1.29 is 4.79 Å². The Morgan fingerprint density at radius 1 is 1.50 bits per heavy atom. The fraction of sp³-hybridized carbons (Fsp3) is 0.833. The van der Waals surface area contributed by atoms with Gasteiger partial charge in [-0.15, -0.1) is 0 Å². The zero-order valence-corrected chi connectivity index (χ0v) is 10.2. The van der Waals surface area contributed by atoms with E-state index in [2.05, 4.69) is 11.0 Å². The second-order valence-corrected chi connectivity index (χ2v) is 5.26. The smallest absolute Gasteiger partial charge is 0.220 e. The molecule has 16 heavy (non-hydrogen) atoms. The molecule has 0 aliphatic carbocycles. The number of carbonyl (C=O) groups excluding carboxylic acids is 1. The molecule has 0 bridgehead atoms. The van der Waals surface area contributed by atoms with Crippen molar-refractivity contribution >= 4 is 5.91 Å². The summed E-state index contributed by atoms with van der Waals surface area (Å²) >= 11 is 0. The number of hydrogen-bond acceptors (Lipinski definition) is 3. The van der Waals surface area contributed by atoms with E-state index in [1.165, 1.54) is 0 Å². The van der Waals surface area contributed by atoms with Gasteiger partial charge in [0.05, 0.1) is 11.5 Å². The second kappa shape index (κ2) is 5.31. The first-order chi connectivity index (χ1) is 7.44. The highest BCUT2D eigenvalue weighted by Crippen LogP contribution is 2.22. The molecule has 0 spiro atoms. The molecule has 1 saturated heterocycles. The van der Waals surface area contributed by atoms with Crippen LogP contribution in [0.1, 0.15) is 33.1 Å². The molecule has 1 fully saturated rings. The Kier molecular flexibility index (Phi) is 4.31. The summed E-state index contributed by atoms with van der Waals surface area (Å²) in [6, 6.07) is 2.31. The predicted octanol–water partition coefficient (Wildman–Crippen LogP) is 1.12. The largest absolute Gasteiger partial charge is 0.369 e. The molecule has 90 valence electrons. The highest BCUT2D eigenvalue weighted by molar-refractivity contribution is 5.76. The molecule has 4 heteroatoms. The summed E-state index contributed by atoms with van der Waals surface area (Å²) in [5.41, 5.74) is 5.03. The van der Waals surface area contributed by atoms with Gasteiger partial charge in [0.15, 0.2) is 0 Å². The number of nitrogens with two attached hydrogens (primary N) is 1. The van der Waals surface area contributed by atoms with Crippen LogP contribution < -0.4 is 5.73 Å². The quantitative estimate of drug-likeness (QED) is 0.776. The molecular formula is C12H21N3O. The lowest BCUT2D eigenvalue weighted by molar-refractivity contribution is -0.123. The molecule has 0 saturated carbocycles. The topological polar surface area (TPSA) is 70.1 Å². The Morgan fingerprint density at radius 2 is 2.06 bits per heavy atom. The Bertz CT molecular complexity index is 285. The van der Waals surface area contributed by atoms with Gasteiger partial charge in [0.25, 0.3) is 0 Å². The summed E-state index contributed by atoms with van der Waals surface area (Å²) < 4.78 is 0. The van der Waals surface area contributed by atoms with Crippen LogP contribution in [0.2, 0.25) is 0 Å². The molecule has 1 aliphatic heterocycles. The number of carbonyl (C=O) groups is 1. The SMILES string of the molecule is CC(C)(C#N)CCN1CCC(C(N)=O)CC1. The predicted molar refractivity (Wildman–Crippen MR) is 62.4 cm³/mol. The minimum atomic E-state index is -0.249. The van der Waals surface area contributed by atoms with E-state index in [9.17, 15) is 4.79 Å². The first-order valence-corrected chi connectivity index (χ1v) is 5.87. The van der Waals surface area contributed by atoms with Crippen LogP contribution in [0.3, 0.4) is 0 Å². The molecule has 1 heterocycles. The van der Waals surface area contributed by atoms with Crippen LogP contribution in [-0.4, -0.2) is 30.4 Å². The van der Waals surface area contributed by atoms with Crippen molar-refractivity contribution in [1.82, 2.24) is 4.90 Å². The third-order valence-electron chi connectivity index (χ3n) is 3.35. The van der Waals surface area contributed by atoms with Gasteiger partial charge >= 0.3 is 0 Å². The summed E-state index contributed by atoms with van der Waals surface area (Å²) in [6.07, 6.45) is 2.61. The standard InChI is InChI=1S/C12H21N3O/c1-12(2,9-13)5-8-15-6-3-10(4-7-15)11(14)16/h10H,3-8H2,1-2H3,(H2,14,16). The lowest BCUT2D eigenvalue weighted by Crippen LogP contribution is -2.39. The number of piperidine rings is 1. The zero-order valence-electron chi connectivity index (χ0n) is 10.2. The van der Waals surface area contributed by atoms with E-state index in [-0.39, 0.29) is 17.2 Å². The third kappa shape index (κ3) is 3.82. The lowest BCUT2D eigenvalue weighted by Gasteiger charge is -2.31. The Hall–Kier alpha value is -1.08. The first-order valence-electron chi connectivity index (χ1n) is 5.87. The highest BCUT2D eigenvalue weighted by atomic mass is 16.1. The van der Waals surface area contributed by atoms with Gasteiger partial charge in [-0.05, 0) is 52.7 Å². The molecule has 0 aromatic carbocycles. The van der Waals surface area contributed by atoms with Crippen LogP contribution >= 0.6 is 0 Å². The van der Waals surface area contributed by atoms with Crippen LogP contribution in [0.25, 0.3) is 0 Å². The summed E-state index contributed by atoms with van der Waals surface area (Å²) in [4.78, 5) is 13.3. The molecular weight excluding hydrogens is 202 g/mol. The number of amides is 1. The molecule has 1 aliphatic rings. The van der Waals surface area contributed by atoms with E-state index in [1.807, 2.05) is 13.8 Å². The third-order valence-corrected chi connectivity index (χ3v) is 3.35. The van der Waals surface area contributed by atoms with Crippen LogP contribution in [0.4, 0.5) is 0 Å². The molecule has 1 amide bonds. The normalized spacial score (nSPS) is 19.3. The highest BCUT2D eigenvalue weighted by Gasteiger charge is 2.24. The minimum absolute atomic E-state index is 0.0558. The van der Waals surface area contributed by atoms with E-state index >= 15 is 0 Å². The number of nitrogens with zero attached hydrogens (tertiary/aromatic N) is 2. The van der Waals surface area contributed by atoms with Crippen molar-refractivity contribution in [2.75, 3.05) is 19.6 Å². The zero-order chi connectivity index (χ0) is 12.2. The van der Waals surface area contributed by atoms with Gasteiger partial charge < -0.3 is 10.6 Å². The van der Waals surface area contributed by atoms with E-state index in [4.69, 9.17) is 11.0 Å². The van der Waals surface area contributed by atoms with Crippen LogP contribution in [0.15, 0.2) is 0 Å². The van der Waals surface area contributed by atoms with Gasteiger partial charge in [-0.2, -0.15) is 5.26 Å². The van der Waals surface area contributed by atoms with Gasteiger partial charge in [-0.25, -0.2) is 0 Å². The average molecular weight is 223 g/mol. The fourth-order valence-electron chi connectivity index (χ4n) is 1.93. The Labute approximate surface area is 97.4 Å². The summed E-state index contributed by atoms with van der Waals surface area (Å²) in [5, 5.41) is 8.91. The summed E-state index contributed by atoms with van der Waals surface area (Å²) in [7, 11) is 0. The molecule has 0 unspecified atom stereocenters. The van der Waals surface area contributed by atoms with E-state index < -0.39 is 0 Å². The molecule has 4 nitrogen and oxygen atoms in total. The van der Waals surface area contributed by atoms with Crippen molar-refractivity contribution in [3.05, 3.63) is 0 Å². The summed E-state index contributed by atoms with van der Waals surface area (Å²) in [5.74, 6) is -0.114. The van der Waals surface area contributed by atoms with Gasteiger partial charge in [-0.1, -0.05) is 0 Å². The maximum absolute atomic E-state index is 11.0. The maximum Gasteiger partial charge on any atom is 0.220 e. The molecule has 0 aromatic rings. The van der Waals surface area contributed by atoms with Crippen LogP contribution in [0.5, 0.6) is 0 Å². The van der Waals surface area contributed by atoms with E-state index in [1.54, 1.807) is 0 Å². The van der Waals surface area contributed by atoms with Gasteiger partial charge in [-0.3, -0.25) is 4.79 Å². The molecule has 1 rings (SSSR count). The summed E-state index contributed by atoms with van der Waals surface area (Å²) in [6.45, 7) is 6.71.